The molecule has 1 atom stereocenters. The predicted octanol–water partition coefficient (Wildman–Crippen LogP) is 3.15. The lowest BCUT2D eigenvalue weighted by molar-refractivity contribution is 0.403. The molecule has 1 unspecified atom stereocenters. The lowest BCUT2D eigenvalue weighted by atomic mass is 9.97. The van der Waals surface area contributed by atoms with E-state index in [0.717, 1.165) is 49.5 Å². The molecule has 0 bridgehead atoms. The van der Waals surface area contributed by atoms with Crippen molar-refractivity contribution in [2.24, 2.45) is 16.8 Å². The molecule has 1 aromatic rings. The van der Waals surface area contributed by atoms with Crippen LogP contribution in [0.3, 0.4) is 0 Å². The van der Waals surface area contributed by atoms with Gasteiger partial charge in [-0.15, -0.1) is 11.3 Å². The third-order valence-corrected chi connectivity index (χ3v) is 4.97. The van der Waals surface area contributed by atoms with Crippen molar-refractivity contribution in [1.82, 2.24) is 15.2 Å². The second-order valence-electron chi connectivity index (χ2n) is 6.22. The van der Waals surface area contributed by atoms with E-state index < -0.39 is 0 Å². The maximum absolute atomic E-state index is 4.60. The van der Waals surface area contributed by atoms with E-state index >= 15 is 0 Å². The minimum absolute atomic E-state index is 0.772. The zero-order chi connectivity index (χ0) is 15.2. The number of guanidine groups is 1. The fourth-order valence-corrected chi connectivity index (χ4v) is 3.72. The SMILES string of the molecule is CCc1nc(CNC(=NC)N2CCC(CC(C)C)C2)cs1. The van der Waals surface area contributed by atoms with Gasteiger partial charge in [-0.25, -0.2) is 4.98 Å². The number of hydrogen-bond donors (Lipinski definition) is 1. The summed E-state index contributed by atoms with van der Waals surface area (Å²) in [5.74, 6) is 2.62. The third-order valence-electron chi connectivity index (χ3n) is 3.93. The van der Waals surface area contributed by atoms with E-state index in [9.17, 15) is 0 Å². The lowest BCUT2D eigenvalue weighted by Gasteiger charge is -2.21. The quantitative estimate of drug-likeness (QED) is 0.671. The molecule has 0 amide bonds. The predicted molar refractivity (Wildman–Crippen MR) is 90.8 cm³/mol. The summed E-state index contributed by atoms with van der Waals surface area (Å²) in [7, 11) is 1.87. The first kappa shape index (κ1) is 16.3. The van der Waals surface area contributed by atoms with Crippen LogP contribution in [0, 0.1) is 11.8 Å². The smallest absolute Gasteiger partial charge is 0.193 e. The Morgan fingerprint density at radius 3 is 3.00 bits per heavy atom. The molecule has 0 spiro atoms. The maximum Gasteiger partial charge on any atom is 0.193 e. The van der Waals surface area contributed by atoms with E-state index in [1.165, 1.54) is 17.8 Å². The topological polar surface area (TPSA) is 40.5 Å². The van der Waals surface area contributed by atoms with Gasteiger partial charge in [-0.3, -0.25) is 4.99 Å². The van der Waals surface area contributed by atoms with Gasteiger partial charge in [0, 0.05) is 25.5 Å². The molecule has 1 saturated heterocycles. The average molecular weight is 308 g/mol. The summed E-state index contributed by atoms with van der Waals surface area (Å²) in [4.78, 5) is 11.4. The summed E-state index contributed by atoms with van der Waals surface area (Å²) in [5, 5.41) is 6.81. The van der Waals surface area contributed by atoms with E-state index in [1.54, 1.807) is 11.3 Å². The Morgan fingerprint density at radius 1 is 1.57 bits per heavy atom. The number of likely N-dealkylation sites (tertiary alicyclic amines) is 1. The molecule has 0 aromatic carbocycles. The van der Waals surface area contributed by atoms with Crippen LogP contribution in [0.4, 0.5) is 0 Å². The fraction of sp³-hybridized carbons (Fsp3) is 0.750. The molecule has 1 aromatic heterocycles. The highest BCUT2D eigenvalue weighted by molar-refractivity contribution is 7.09. The number of hydrogen-bond acceptors (Lipinski definition) is 3. The number of nitrogens with zero attached hydrogens (tertiary/aromatic N) is 3. The molecule has 2 heterocycles. The Labute approximate surface area is 132 Å². The zero-order valence-electron chi connectivity index (χ0n) is 13.7. The van der Waals surface area contributed by atoms with Crippen molar-refractivity contribution in [3.05, 3.63) is 16.1 Å². The molecule has 0 aliphatic carbocycles. The van der Waals surface area contributed by atoms with Crippen molar-refractivity contribution < 1.29 is 0 Å². The van der Waals surface area contributed by atoms with Crippen molar-refractivity contribution in [2.45, 2.75) is 46.6 Å². The van der Waals surface area contributed by atoms with Gasteiger partial charge in [-0.1, -0.05) is 20.8 Å². The van der Waals surface area contributed by atoms with E-state index in [0.29, 0.717) is 0 Å². The Kier molecular flexibility index (Phi) is 6.03. The van der Waals surface area contributed by atoms with E-state index in [4.69, 9.17) is 0 Å². The molecule has 2 rings (SSSR count). The van der Waals surface area contributed by atoms with Crippen LogP contribution in [-0.4, -0.2) is 36.0 Å². The van der Waals surface area contributed by atoms with Crippen molar-refractivity contribution in [1.29, 1.82) is 0 Å². The highest BCUT2D eigenvalue weighted by atomic mass is 32.1. The minimum Gasteiger partial charge on any atom is -0.351 e. The van der Waals surface area contributed by atoms with Crippen LogP contribution in [0.15, 0.2) is 10.4 Å². The van der Waals surface area contributed by atoms with E-state index in [2.05, 4.69) is 46.3 Å². The average Bonchev–Trinajstić information content (AvgIpc) is 3.08. The monoisotopic (exact) mass is 308 g/mol. The first-order valence-electron chi connectivity index (χ1n) is 8.01. The van der Waals surface area contributed by atoms with Gasteiger partial charge in [0.25, 0.3) is 0 Å². The molecule has 1 aliphatic rings. The number of aryl methyl sites for hydroxylation is 1. The van der Waals surface area contributed by atoms with Gasteiger partial charge in [0.2, 0.25) is 0 Å². The normalized spacial score (nSPS) is 19.6. The highest BCUT2D eigenvalue weighted by Gasteiger charge is 2.25. The van der Waals surface area contributed by atoms with Gasteiger partial charge < -0.3 is 10.2 Å². The molecule has 1 aliphatic heterocycles. The highest BCUT2D eigenvalue weighted by Crippen LogP contribution is 2.23. The molecule has 4 nitrogen and oxygen atoms in total. The second-order valence-corrected chi connectivity index (χ2v) is 7.16. The first-order valence-corrected chi connectivity index (χ1v) is 8.89. The van der Waals surface area contributed by atoms with Crippen molar-refractivity contribution >= 4 is 17.3 Å². The van der Waals surface area contributed by atoms with Crippen molar-refractivity contribution in [2.75, 3.05) is 20.1 Å². The molecule has 1 fully saturated rings. The van der Waals surface area contributed by atoms with Gasteiger partial charge in [-0.05, 0) is 31.1 Å². The van der Waals surface area contributed by atoms with Gasteiger partial charge >= 0.3 is 0 Å². The van der Waals surface area contributed by atoms with Crippen LogP contribution < -0.4 is 5.32 Å². The largest absolute Gasteiger partial charge is 0.351 e. The molecule has 5 heteroatoms. The first-order chi connectivity index (χ1) is 10.1. The Morgan fingerprint density at radius 2 is 2.38 bits per heavy atom. The Hall–Kier alpha value is -1.10. The number of nitrogens with one attached hydrogen (secondary N) is 1. The zero-order valence-corrected chi connectivity index (χ0v) is 14.5. The van der Waals surface area contributed by atoms with Crippen LogP contribution >= 0.6 is 11.3 Å². The van der Waals surface area contributed by atoms with E-state index in [1.807, 2.05) is 7.05 Å². The standard InChI is InChI=1S/C16H28N4S/c1-5-15-19-14(11-21-15)9-18-16(17-4)20-7-6-13(10-20)8-12(2)3/h11-13H,5-10H2,1-4H3,(H,17,18). The van der Waals surface area contributed by atoms with Gasteiger partial charge in [0.05, 0.1) is 17.2 Å². The molecule has 21 heavy (non-hydrogen) atoms. The van der Waals surface area contributed by atoms with Crippen LogP contribution in [0.25, 0.3) is 0 Å². The Balaban J connectivity index is 1.83. The number of rotatable bonds is 5. The summed E-state index contributed by atoms with van der Waals surface area (Å²) in [6, 6.07) is 0. The molecule has 0 saturated carbocycles. The molecular formula is C16H28N4S. The summed E-state index contributed by atoms with van der Waals surface area (Å²) in [6.07, 6.45) is 3.62. The summed E-state index contributed by atoms with van der Waals surface area (Å²) in [5.41, 5.74) is 1.12. The molecular weight excluding hydrogens is 280 g/mol. The summed E-state index contributed by atoms with van der Waals surface area (Å²) in [6.45, 7) is 9.79. The summed E-state index contributed by atoms with van der Waals surface area (Å²) < 4.78 is 0. The van der Waals surface area contributed by atoms with Gasteiger partial charge in [0.1, 0.15) is 0 Å². The fourth-order valence-electron chi connectivity index (χ4n) is 2.98. The summed E-state index contributed by atoms with van der Waals surface area (Å²) >= 11 is 1.74. The van der Waals surface area contributed by atoms with Crippen LogP contribution in [0.5, 0.6) is 0 Å². The number of thiazole rings is 1. The molecule has 0 radical (unpaired) electrons. The van der Waals surface area contributed by atoms with Crippen LogP contribution in [0.1, 0.15) is 44.3 Å². The number of aliphatic imine (C=N–C) groups is 1. The van der Waals surface area contributed by atoms with Crippen molar-refractivity contribution in [3.63, 3.8) is 0 Å². The second kappa shape index (κ2) is 7.78. The van der Waals surface area contributed by atoms with Crippen LogP contribution in [0.2, 0.25) is 0 Å². The van der Waals surface area contributed by atoms with E-state index in [-0.39, 0.29) is 0 Å². The van der Waals surface area contributed by atoms with Gasteiger partial charge in [-0.2, -0.15) is 0 Å². The molecule has 1 N–H and O–H groups in total. The maximum atomic E-state index is 4.60. The van der Waals surface area contributed by atoms with Crippen LogP contribution in [-0.2, 0) is 13.0 Å². The van der Waals surface area contributed by atoms with Crippen molar-refractivity contribution in [3.8, 4) is 0 Å². The Bertz CT molecular complexity index is 467. The third kappa shape index (κ3) is 4.70. The molecule has 118 valence electrons. The van der Waals surface area contributed by atoms with Gasteiger partial charge in [0.15, 0.2) is 5.96 Å². The number of aromatic nitrogens is 1. The minimum atomic E-state index is 0.772. The lowest BCUT2D eigenvalue weighted by Crippen LogP contribution is -2.39.